The Kier molecular flexibility index (Phi) is 3.74. The summed E-state index contributed by atoms with van der Waals surface area (Å²) in [6, 6.07) is 4.57. The SMILES string of the molecule is CN(CCO)c1cccc(S(N)(=O)=O)c1N. The number of hydrogen-bond acceptors (Lipinski definition) is 5. The number of para-hydroxylation sites is 1. The highest BCUT2D eigenvalue weighted by Crippen LogP contribution is 2.27. The highest BCUT2D eigenvalue weighted by molar-refractivity contribution is 7.89. The third kappa shape index (κ3) is 2.63. The van der Waals surface area contributed by atoms with E-state index in [1.54, 1.807) is 24.1 Å². The summed E-state index contributed by atoms with van der Waals surface area (Å²) in [5, 5.41) is 13.8. The van der Waals surface area contributed by atoms with Gasteiger partial charge in [-0.05, 0) is 12.1 Å². The maximum absolute atomic E-state index is 11.2. The highest BCUT2D eigenvalue weighted by Gasteiger charge is 2.16. The van der Waals surface area contributed by atoms with Crippen LogP contribution in [0.2, 0.25) is 0 Å². The van der Waals surface area contributed by atoms with E-state index in [1.165, 1.54) is 6.07 Å². The number of primary sulfonamides is 1. The van der Waals surface area contributed by atoms with Crippen LogP contribution in [-0.4, -0.2) is 33.7 Å². The number of aliphatic hydroxyl groups excluding tert-OH is 1. The van der Waals surface area contributed by atoms with Crippen molar-refractivity contribution in [3.63, 3.8) is 0 Å². The van der Waals surface area contributed by atoms with Gasteiger partial charge in [0.25, 0.3) is 0 Å². The first kappa shape index (κ1) is 12.8. The van der Waals surface area contributed by atoms with Crippen molar-refractivity contribution in [3.05, 3.63) is 18.2 Å². The number of anilines is 2. The van der Waals surface area contributed by atoms with Gasteiger partial charge in [-0.25, -0.2) is 13.6 Å². The maximum atomic E-state index is 11.2. The summed E-state index contributed by atoms with van der Waals surface area (Å²) in [5.41, 5.74) is 6.34. The molecule has 0 amide bonds. The number of nitrogens with zero attached hydrogens (tertiary/aromatic N) is 1. The molecule has 1 rings (SSSR count). The topological polar surface area (TPSA) is 110 Å². The predicted octanol–water partition coefficient (Wildman–Crippen LogP) is -0.655. The molecule has 0 heterocycles. The Balaban J connectivity index is 3.24. The van der Waals surface area contributed by atoms with Gasteiger partial charge in [-0.1, -0.05) is 6.07 Å². The van der Waals surface area contributed by atoms with Gasteiger partial charge in [0.15, 0.2) is 0 Å². The number of aliphatic hydroxyl groups is 1. The Morgan fingerprint density at radius 2 is 2.06 bits per heavy atom. The second-order valence-electron chi connectivity index (χ2n) is 3.38. The van der Waals surface area contributed by atoms with E-state index in [9.17, 15) is 8.42 Å². The van der Waals surface area contributed by atoms with Gasteiger partial charge in [0.05, 0.1) is 18.0 Å². The van der Waals surface area contributed by atoms with Gasteiger partial charge in [0, 0.05) is 13.6 Å². The molecule has 0 aromatic heterocycles. The van der Waals surface area contributed by atoms with Gasteiger partial charge in [-0.3, -0.25) is 0 Å². The summed E-state index contributed by atoms with van der Waals surface area (Å²) in [7, 11) is -2.12. The minimum absolute atomic E-state index is 0.0461. The van der Waals surface area contributed by atoms with Crippen molar-refractivity contribution in [1.82, 2.24) is 0 Å². The number of nitrogen functional groups attached to an aromatic ring is 1. The second kappa shape index (κ2) is 4.69. The maximum Gasteiger partial charge on any atom is 0.240 e. The Morgan fingerprint density at radius 3 is 2.56 bits per heavy atom. The summed E-state index contributed by atoms with van der Waals surface area (Å²) in [6.07, 6.45) is 0. The molecule has 1 aromatic carbocycles. The number of hydrogen-bond donors (Lipinski definition) is 3. The lowest BCUT2D eigenvalue weighted by Gasteiger charge is -2.20. The summed E-state index contributed by atoms with van der Waals surface area (Å²) < 4.78 is 22.4. The summed E-state index contributed by atoms with van der Waals surface area (Å²) in [6.45, 7) is 0.313. The van der Waals surface area contributed by atoms with E-state index in [4.69, 9.17) is 16.0 Å². The molecule has 16 heavy (non-hydrogen) atoms. The molecule has 0 saturated heterocycles. The molecule has 0 fully saturated rings. The average molecular weight is 245 g/mol. The van der Waals surface area contributed by atoms with Crippen LogP contribution in [0, 0.1) is 0 Å². The molecule has 90 valence electrons. The van der Waals surface area contributed by atoms with Crippen LogP contribution in [0.4, 0.5) is 11.4 Å². The molecule has 0 atom stereocenters. The first-order chi connectivity index (χ1) is 7.38. The molecule has 7 heteroatoms. The molecular formula is C9H15N3O3S. The zero-order chi connectivity index (χ0) is 12.3. The first-order valence-electron chi connectivity index (χ1n) is 4.61. The van der Waals surface area contributed by atoms with Gasteiger partial charge in [0.1, 0.15) is 4.90 Å². The first-order valence-corrected chi connectivity index (χ1v) is 6.16. The van der Waals surface area contributed by atoms with Crippen molar-refractivity contribution in [3.8, 4) is 0 Å². The van der Waals surface area contributed by atoms with Gasteiger partial charge in [-0.2, -0.15) is 0 Å². The van der Waals surface area contributed by atoms with Crippen LogP contribution in [0.5, 0.6) is 0 Å². The molecule has 5 N–H and O–H groups in total. The van der Waals surface area contributed by atoms with Crippen LogP contribution < -0.4 is 15.8 Å². The molecule has 0 radical (unpaired) electrons. The number of sulfonamides is 1. The van der Waals surface area contributed by atoms with Gasteiger partial charge in [0.2, 0.25) is 10.0 Å². The lowest BCUT2D eigenvalue weighted by atomic mass is 10.2. The standard InChI is InChI=1S/C9H15N3O3S/c1-12(5-6-13)7-3-2-4-8(9(7)10)16(11,14)15/h2-4,13H,5-6,10H2,1H3,(H2,11,14,15). The molecular weight excluding hydrogens is 230 g/mol. The molecule has 0 aliphatic rings. The van der Waals surface area contributed by atoms with Crippen molar-refractivity contribution in [2.45, 2.75) is 4.90 Å². The Morgan fingerprint density at radius 1 is 1.44 bits per heavy atom. The molecule has 0 spiro atoms. The lowest BCUT2D eigenvalue weighted by Crippen LogP contribution is -2.23. The van der Waals surface area contributed by atoms with Gasteiger partial charge in [-0.15, -0.1) is 0 Å². The van der Waals surface area contributed by atoms with Crippen molar-refractivity contribution in [2.75, 3.05) is 30.8 Å². The van der Waals surface area contributed by atoms with Crippen molar-refractivity contribution in [2.24, 2.45) is 5.14 Å². The number of likely N-dealkylation sites (N-methyl/N-ethyl adjacent to an activating group) is 1. The fourth-order valence-corrected chi connectivity index (χ4v) is 2.06. The largest absolute Gasteiger partial charge is 0.396 e. The van der Waals surface area contributed by atoms with E-state index in [1.807, 2.05) is 0 Å². The number of rotatable bonds is 4. The molecule has 0 saturated carbocycles. The Labute approximate surface area is 94.5 Å². The van der Waals surface area contributed by atoms with E-state index in [0.29, 0.717) is 12.2 Å². The number of nitrogens with two attached hydrogens (primary N) is 2. The van der Waals surface area contributed by atoms with Crippen LogP contribution in [0.1, 0.15) is 0 Å². The monoisotopic (exact) mass is 245 g/mol. The predicted molar refractivity (Wildman–Crippen MR) is 62.6 cm³/mol. The Bertz CT molecular complexity index is 473. The van der Waals surface area contributed by atoms with Crippen LogP contribution in [-0.2, 0) is 10.0 Å². The summed E-state index contributed by atoms with van der Waals surface area (Å²) in [5.74, 6) is 0. The van der Waals surface area contributed by atoms with E-state index in [0.717, 1.165) is 0 Å². The molecule has 1 aromatic rings. The fraction of sp³-hybridized carbons (Fsp3) is 0.333. The van der Waals surface area contributed by atoms with Crippen LogP contribution >= 0.6 is 0 Å². The smallest absolute Gasteiger partial charge is 0.240 e. The van der Waals surface area contributed by atoms with Crippen molar-refractivity contribution >= 4 is 21.4 Å². The number of benzene rings is 1. The molecule has 0 bridgehead atoms. The van der Waals surface area contributed by atoms with E-state index in [-0.39, 0.29) is 17.2 Å². The zero-order valence-corrected chi connectivity index (χ0v) is 9.74. The van der Waals surface area contributed by atoms with Crippen LogP contribution in [0.3, 0.4) is 0 Å². The van der Waals surface area contributed by atoms with E-state index >= 15 is 0 Å². The van der Waals surface area contributed by atoms with E-state index in [2.05, 4.69) is 0 Å². The third-order valence-electron chi connectivity index (χ3n) is 2.20. The van der Waals surface area contributed by atoms with Crippen LogP contribution in [0.15, 0.2) is 23.1 Å². The fourth-order valence-electron chi connectivity index (χ4n) is 1.38. The second-order valence-corrected chi connectivity index (χ2v) is 4.91. The quantitative estimate of drug-likeness (QED) is 0.610. The summed E-state index contributed by atoms with van der Waals surface area (Å²) in [4.78, 5) is 1.55. The zero-order valence-electron chi connectivity index (χ0n) is 8.92. The van der Waals surface area contributed by atoms with E-state index < -0.39 is 10.0 Å². The minimum Gasteiger partial charge on any atom is -0.396 e. The van der Waals surface area contributed by atoms with Crippen LogP contribution in [0.25, 0.3) is 0 Å². The molecule has 6 nitrogen and oxygen atoms in total. The highest BCUT2D eigenvalue weighted by atomic mass is 32.2. The molecule has 0 aliphatic heterocycles. The van der Waals surface area contributed by atoms with Crippen molar-refractivity contribution < 1.29 is 13.5 Å². The van der Waals surface area contributed by atoms with Gasteiger partial charge >= 0.3 is 0 Å². The molecule has 0 unspecified atom stereocenters. The average Bonchev–Trinajstić information content (AvgIpc) is 2.16. The van der Waals surface area contributed by atoms with Gasteiger partial charge < -0.3 is 15.7 Å². The lowest BCUT2D eigenvalue weighted by molar-refractivity contribution is 0.304. The Hall–Kier alpha value is -1.31. The minimum atomic E-state index is -3.82. The molecule has 0 aliphatic carbocycles. The van der Waals surface area contributed by atoms with Crippen molar-refractivity contribution in [1.29, 1.82) is 0 Å². The summed E-state index contributed by atoms with van der Waals surface area (Å²) >= 11 is 0. The normalized spacial score (nSPS) is 11.4. The third-order valence-corrected chi connectivity index (χ3v) is 3.17.